The van der Waals surface area contributed by atoms with Crippen LogP contribution in [0, 0.1) is 0 Å². The summed E-state index contributed by atoms with van der Waals surface area (Å²) in [5.41, 5.74) is -1.02. The topological polar surface area (TPSA) is 200 Å². The van der Waals surface area contributed by atoms with E-state index in [1.807, 2.05) is 0 Å². The minimum Gasteiger partial charge on any atom is -0.508 e. The van der Waals surface area contributed by atoms with Crippen LogP contribution in [0.4, 0.5) is 0 Å². The number of benzene rings is 2. The molecule has 1 aliphatic heterocycles. The molecule has 4 rings (SSSR count). The number of aromatic hydroxyl groups is 3. The van der Waals surface area contributed by atoms with Crippen LogP contribution in [0.25, 0.3) is 22.3 Å². The molecule has 1 saturated heterocycles. The first-order valence-electron chi connectivity index (χ1n) is 10.0. The first-order valence-corrected chi connectivity index (χ1v) is 10.0. The summed E-state index contributed by atoms with van der Waals surface area (Å²) in [5.74, 6) is -2.01. The van der Waals surface area contributed by atoms with Gasteiger partial charge in [-0.1, -0.05) is 0 Å². The fraction of sp³-hybridized carbons (Fsp3) is 0.318. The van der Waals surface area contributed by atoms with E-state index in [9.17, 15) is 40.5 Å². The van der Waals surface area contributed by atoms with Crippen LogP contribution in [-0.4, -0.2) is 80.2 Å². The summed E-state index contributed by atoms with van der Waals surface area (Å²) in [6.45, 7) is -0.655. The van der Waals surface area contributed by atoms with Crippen LogP contribution in [0.2, 0.25) is 0 Å². The molecule has 0 amide bonds. The van der Waals surface area contributed by atoms with E-state index in [1.165, 1.54) is 25.3 Å². The van der Waals surface area contributed by atoms with E-state index in [4.69, 9.17) is 18.6 Å². The third-order valence-corrected chi connectivity index (χ3v) is 5.45. The Morgan fingerprint density at radius 2 is 1.71 bits per heavy atom. The lowest BCUT2D eigenvalue weighted by Crippen LogP contribution is -2.60. The average Bonchev–Trinajstić information content (AvgIpc) is 2.81. The summed E-state index contributed by atoms with van der Waals surface area (Å²) in [7, 11) is 1.33. The Morgan fingerprint density at radius 1 is 0.971 bits per heavy atom. The highest BCUT2D eigenvalue weighted by molar-refractivity contribution is 5.88. The molecule has 0 aliphatic carbocycles. The summed E-state index contributed by atoms with van der Waals surface area (Å²) in [5, 5.41) is 69.3. The molecule has 12 nitrogen and oxygen atoms in total. The summed E-state index contributed by atoms with van der Waals surface area (Å²) >= 11 is 0. The highest BCUT2D eigenvalue weighted by atomic mass is 16.7. The van der Waals surface area contributed by atoms with Gasteiger partial charge in [0.15, 0.2) is 17.3 Å². The van der Waals surface area contributed by atoms with Gasteiger partial charge in [-0.05, 0) is 18.2 Å². The zero-order valence-corrected chi connectivity index (χ0v) is 17.7. The number of aliphatic hydroxyl groups excluding tert-OH is 4. The predicted octanol–water partition coefficient (Wildman–Crippen LogP) is -0.236. The van der Waals surface area contributed by atoms with E-state index in [0.29, 0.717) is 0 Å². The van der Waals surface area contributed by atoms with E-state index < -0.39 is 54.2 Å². The standard InChI is InChI=1S/C22H22O12/c1-31-11-3-2-8(4-12(11)33-22-20(30)18(28)16(26)14(7-23)34-22)21-19(29)17(27)15-10(25)5-9(24)6-13(15)32-21/h2-6,14,16,18,20,22-26,28-30H,7H2,1H3/t14-,16-,18+,20-,22-/m1/s1. The Morgan fingerprint density at radius 3 is 2.38 bits per heavy atom. The van der Waals surface area contributed by atoms with Gasteiger partial charge in [0.25, 0.3) is 0 Å². The van der Waals surface area contributed by atoms with Crippen molar-refractivity contribution in [2.75, 3.05) is 13.7 Å². The van der Waals surface area contributed by atoms with Crippen molar-refractivity contribution in [2.24, 2.45) is 0 Å². The predicted molar refractivity (Wildman–Crippen MR) is 114 cm³/mol. The van der Waals surface area contributed by atoms with Crippen LogP contribution in [0.5, 0.6) is 28.7 Å². The van der Waals surface area contributed by atoms with E-state index in [-0.39, 0.29) is 39.5 Å². The van der Waals surface area contributed by atoms with Crippen molar-refractivity contribution in [3.63, 3.8) is 0 Å². The fourth-order valence-electron chi connectivity index (χ4n) is 3.67. The van der Waals surface area contributed by atoms with Gasteiger partial charge in [0.05, 0.1) is 13.7 Å². The average molecular weight is 478 g/mol. The molecule has 2 heterocycles. The Kier molecular flexibility index (Phi) is 6.25. The van der Waals surface area contributed by atoms with Crippen molar-refractivity contribution in [2.45, 2.75) is 30.7 Å². The highest BCUT2D eigenvalue weighted by Crippen LogP contribution is 2.39. The molecule has 3 aromatic rings. The number of hydrogen-bond acceptors (Lipinski definition) is 12. The number of aliphatic hydroxyl groups is 4. The lowest BCUT2D eigenvalue weighted by atomic mass is 9.99. The molecule has 1 fully saturated rings. The lowest BCUT2D eigenvalue weighted by molar-refractivity contribution is -0.277. The third kappa shape index (κ3) is 3.97. The number of ether oxygens (including phenoxy) is 3. The van der Waals surface area contributed by atoms with E-state index in [2.05, 4.69) is 0 Å². The molecule has 5 atom stereocenters. The highest BCUT2D eigenvalue weighted by Gasteiger charge is 2.45. The zero-order valence-electron chi connectivity index (χ0n) is 17.7. The quantitative estimate of drug-likeness (QED) is 0.254. The molecule has 7 N–H and O–H groups in total. The summed E-state index contributed by atoms with van der Waals surface area (Å²) in [4.78, 5) is 12.6. The van der Waals surface area contributed by atoms with Crippen LogP contribution in [-0.2, 0) is 4.74 Å². The van der Waals surface area contributed by atoms with Crippen molar-refractivity contribution < 1.29 is 54.4 Å². The molecule has 1 aromatic heterocycles. The van der Waals surface area contributed by atoms with Crippen LogP contribution in [0.15, 0.2) is 39.5 Å². The van der Waals surface area contributed by atoms with Crippen LogP contribution in [0.1, 0.15) is 0 Å². The number of phenols is 2. The second kappa shape index (κ2) is 9.00. The maximum absolute atomic E-state index is 12.6. The molecule has 1 aliphatic rings. The number of fused-ring (bicyclic) bond motifs is 1. The Hall–Kier alpha value is -3.55. The minimum atomic E-state index is -1.69. The second-order valence-corrected chi connectivity index (χ2v) is 7.63. The normalized spacial score (nSPS) is 24.8. The molecule has 0 unspecified atom stereocenters. The lowest BCUT2D eigenvalue weighted by Gasteiger charge is -2.39. The third-order valence-electron chi connectivity index (χ3n) is 5.45. The van der Waals surface area contributed by atoms with E-state index in [1.54, 1.807) is 0 Å². The summed E-state index contributed by atoms with van der Waals surface area (Å²) < 4.78 is 21.8. The summed E-state index contributed by atoms with van der Waals surface area (Å²) in [6.07, 6.45) is -7.67. The van der Waals surface area contributed by atoms with Crippen molar-refractivity contribution in [3.8, 4) is 40.1 Å². The number of methoxy groups -OCH3 is 1. The van der Waals surface area contributed by atoms with Gasteiger partial charge in [-0.2, -0.15) is 0 Å². The van der Waals surface area contributed by atoms with Crippen molar-refractivity contribution in [1.29, 1.82) is 0 Å². The molecule has 34 heavy (non-hydrogen) atoms. The van der Waals surface area contributed by atoms with Gasteiger partial charge in [0.1, 0.15) is 46.9 Å². The zero-order chi connectivity index (χ0) is 24.7. The van der Waals surface area contributed by atoms with Gasteiger partial charge in [-0.25, -0.2) is 0 Å². The van der Waals surface area contributed by atoms with Gasteiger partial charge in [-0.3, -0.25) is 4.79 Å². The smallest absolute Gasteiger partial charge is 0.238 e. The molecular weight excluding hydrogens is 456 g/mol. The molecule has 12 heteroatoms. The van der Waals surface area contributed by atoms with Crippen LogP contribution >= 0.6 is 0 Å². The number of hydrogen-bond donors (Lipinski definition) is 7. The molecule has 0 bridgehead atoms. The minimum absolute atomic E-state index is 0.0646. The van der Waals surface area contributed by atoms with E-state index >= 15 is 0 Å². The summed E-state index contributed by atoms with van der Waals surface area (Å²) in [6, 6.07) is 6.13. The largest absolute Gasteiger partial charge is 0.508 e. The van der Waals surface area contributed by atoms with Crippen molar-refractivity contribution in [1.82, 2.24) is 0 Å². The maximum Gasteiger partial charge on any atom is 0.238 e. The maximum atomic E-state index is 12.6. The van der Waals surface area contributed by atoms with E-state index in [0.717, 1.165) is 12.1 Å². The first kappa shape index (κ1) is 23.6. The molecule has 0 spiro atoms. The molecular formula is C22H22O12. The van der Waals surface area contributed by atoms with Gasteiger partial charge in [0.2, 0.25) is 17.5 Å². The Balaban J connectivity index is 1.77. The van der Waals surface area contributed by atoms with Crippen LogP contribution in [0.3, 0.4) is 0 Å². The van der Waals surface area contributed by atoms with Crippen molar-refractivity contribution >= 4 is 11.0 Å². The van der Waals surface area contributed by atoms with Gasteiger partial charge >= 0.3 is 0 Å². The Labute approximate surface area is 191 Å². The SMILES string of the molecule is COc1ccc(-c2oc3cc(O)cc(O)c3c(=O)c2O)cc1O[C@@H]1O[C@H](CO)[C@@H](O)[C@H](O)[C@H]1O. The van der Waals surface area contributed by atoms with Gasteiger partial charge in [0, 0.05) is 17.7 Å². The molecule has 2 aromatic carbocycles. The Bertz CT molecular complexity index is 1270. The molecule has 0 saturated carbocycles. The number of phenolic OH excluding ortho intramolecular Hbond substituents is 2. The fourth-order valence-corrected chi connectivity index (χ4v) is 3.67. The first-order chi connectivity index (χ1) is 16.2. The number of rotatable bonds is 5. The van der Waals surface area contributed by atoms with Crippen LogP contribution < -0.4 is 14.9 Å². The molecule has 182 valence electrons. The monoisotopic (exact) mass is 478 g/mol. The van der Waals surface area contributed by atoms with Gasteiger partial charge in [-0.15, -0.1) is 0 Å². The second-order valence-electron chi connectivity index (χ2n) is 7.63. The van der Waals surface area contributed by atoms with Crippen molar-refractivity contribution in [3.05, 3.63) is 40.6 Å². The molecule has 0 radical (unpaired) electrons. The van der Waals surface area contributed by atoms with Gasteiger partial charge < -0.3 is 54.4 Å².